The molecule has 0 N–H and O–H groups in total. The van der Waals surface area contributed by atoms with Crippen LogP contribution < -0.4 is 0 Å². The molecule has 2 aromatic rings. The van der Waals surface area contributed by atoms with Gasteiger partial charge in [-0.05, 0) is 18.2 Å². The normalized spacial score (nSPS) is 10.6. The van der Waals surface area contributed by atoms with Gasteiger partial charge in [-0.25, -0.2) is 0 Å². The van der Waals surface area contributed by atoms with Crippen LogP contribution in [0.4, 0.5) is 0 Å². The molecule has 0 amide bonds. The second kappa shape index (κ2) is 6.47. The molecule has 0 aliphatic rings. The Kier molecular flexibility index (Phi) is 4.91. The fourth-order valence-electron chi connectivity index (χ4n) is 1.51. The molecule has 1 heterocycles. The first kappa shape index (κ1) is 15.2. The van der Waals surface area contributed by atoms with Crippen LogP contribution in [0.1, 0.15) is 0 Å². The van der Waals surface area contributed by atoms with E-state index in [0.717, 1.165) is 5.56 Å². The number of carbonyl (C=O) groups excluding carboxylic acids is 1. The molecule has 2 rings (SSSR count). The Balaban J connectivity index is 2.23. The van der Waals surface area contributed by atoms with Crippen LogP contribution in [-0.4, -0.2) is 33.6 Å². The second-order valence-corrected chi connectivity index (χ2v) is 5.62. The number of thioether (sulfide) groups is 1. The number of esters is 1. The molecule has 1 aromatic carbocycles. The minimum absolute atomic E-state index is 0.184. The van der Waals surface area contributed by atoms with E-state index in [9.17, 15) is 4.79 Å². The van der Waals surface area contributed by atoms with Crippen LogP contribution in [0.2, 0.25) is 10.0 Å². The highest BCUT2D eigenvalue weighted by Crippen LogP contribution is 2.28. The van der Waals surface area contributed by atoms with Crippen molar-refractivity contribution in [2.45, 2.75) is 5.16 Å². The highest BCUT2D eigenvalue weighted by Gasteiger charge is 2.13. The van der Waals surface area contributed by atoms with Crippen molar-refractivity contribution < 1.29 is 9.53 Å². The van der Waals surface area contributed by atoms with E-state index >= 15 is 0 Å². The highest BCUT2D eigenvalue weighted by atomic mass is 35.5. The number of rotatable bonds is 4. The van der Waals surface area contributed by atoms with Gasteiger partial charge in [0.15, 0.2) is 11.0 Å². The molecule has 5 nitrogen and oxygen atoms in total. The largest absolute Gasteiger partial charge is 0.468 e. The lowest BCUT2D eigenvalue weighted by Crippen LogP contribution is -2.04. The highest BCUT2D eigenvalue weighted by molar-refractivity contribution is 7.99. The monoisotopic (exact) mass is 331 g/mol. The average Bonchev–Trinajstić information content (AvgIpc) is 2.80. The second-order valence-electron chi connectivity index (χ2n) is 3.86. The van der Waals surface area contributed by atoms with Gasteiger partial charge < -0.3 is 9.30 Å². The van der Waals surface area contributed by atoms with Gasteiger partial charge in [0.1, 0.15) is 0 Å². The summed E-state index contributed by atoms with van der Waals surface area (Å²) in [6, 6.07) is 5.24. The lowest BCUT2D eigenvalue weighted by Gasteiger charge is -2.04. The summed E-state index contributed by atoms with van der Waals surface area (Å²) in [5, 5.41) is 9.70. The molecule has 8 heteroatoms. The molecule has 0 aliphatic carbocycles. The van der Waals surface area contributed by atoms with Gasteiger partial charge in [0, 0.05) is 12.6 Å². The average molecular weight is 332 g/mol. The molecule has 0 spiro atoms. The maximum absolute atomic E-state index is 11.1. The Morgan fingerprint density at radius 3 is 2.75 bits per heavy atom. The zero-order valence-electron chi connectivity index (χ0n) is 10.8. The van der Waals surface area contributed by atoms with Crippen molar-refractivity contribution in [1.29, 1.82) is 0 Å². The van der Waals surface area contributed by atoms with Gasteiger partial charge in [-0.3, -0.25) is 4.79 Å². The molecule has 0 saturated carbocycles. The smallest absolute Gasteiger partial charge is 0.316 e. The van der Waals surface area contributed by atoms with E-state index in [1.54, 1.807) is 16.7 Å². The zero-order valence-corrected chi connectivity index (χ0v) is 13.1. The molecule has 0 radical (unpaired) electrons. The van der Waals surface area contributed by atoms with Crippen molar-refractivity contribution >= 4 is 40.9 Å². The van der Waals surface area contributed by atoms with Crippen molar-refractivity contribution in [1.82, 2.24) is 14.8 Å². The van der Waals surface area contributed by atoms with Crippen molar-refractivity contribution in [3.05, 3.63) is 28.2 Å². The Morgan fingerprint density at radius 1 is 1.35 bits per heavy atom. The molecule has 0 fully saturated rings. The van der Waals surface area contributed by atoms with Crippen LogP contribution in [0.25, 0.3) is 11.4 Å². The molecule has 0 unspecified atom stereocenters. The number of hydrogen-bond donors (Lipinski definition) is 0. The van der Waals surface area contributed by atoms with E-state index in [0.29, 0.717) is 21.0 Å². The van der Waals surface area contributed by atoms with Gasteiger partial charge in [0.05, 0.1) is 22.9 Å². The summed E-state index contributed by atoms with van der Waals surface area (Å²) in [4.78, 5) is 11.1. The number of carbonyl (C=O) groups is 1. The van der Waals surface area contributed by atoms with Crippen LogP contribution >= 0.6 is 35.0 Å². The van der Waals surface area contributed by atoms with Crippen molar-refractivity contribution in [2.24, 2.45) is 7.05 Å². The first-order chi connectivity index (χ1) is 9.52. The third-order valence-electron chi connectivity index (χ3n) is 2.56. The Labute approximate surface area is 130 Å². The molecular formula is C12H11Cl2N3O2S. The summed E-state index contributed by atoms with van der Waals surface area (Å²) >= 11 is 13.1. The SMILES string of the molecule is COC(=O)CSc1nnc(-c2ccc(Cl)c(Cl)c2)n1C. The van der Waals surface area contributed by atoms with E-state index in [1.807, 2.05) is 13.1 Å². The summed E-state index contributed by atoms with van der Waals surface area (Å²) in [5.74, 6) is 0.522. The Bertz CT molecular complexity index is 646. The standard InChI is InChI=1S/C12H11Cl2N3O2S/c1-17-11(7-3-4-8(13)9(14)5-7)15-16-12(17)20-6-10(18)19-2/h3-5H,6H2,1-2H3. The summed E-state index contributed by atoms with van der Waals surface area (Å²) in [5.41, 5.74) is 0.805. The van der Waals surface area contributed by atoms with Gasteiger partial charge >= 0.3 is 5.97 Å². The third kappa shape index (κ3) is 3.26. The van der Waals surface area contributed by atoms with E-state index in [1.165, 1.54) is 18.9 Å². The van der Waals surface area contributed by atoms with Crippen molar-refractivity contribution in [2.75, 3.05) is 12.9 Å². The summed E-state index contributed by atoms with van der Waals surface area (Å²) in [7, 11) is 3.16. The fraction of sp³-hybridized carbons (Fsp3) is 0.250. The molecule has 0 atom stereocenters. The summed E-state index contributed by atoms with van der Waals surface area (Å²) < 4.78 is 6.37. The van der Waals surface area contributed by atoms with Crippen LogP contribution in [0.15, 0.2) is 23.4 Å². The van der Waals surface area contributed by atoms with Crippen molar-refractivity contribution in [3.63, 3.8) is 0 Å². The van der Waals surface area contributed by atoms with Crippen LogP contribution in [0.5, 0.6) is 0 Å². The number of methoxy groups -OCH3 is 1. The molecule has 20 heavy (non-hydrogen) atoms. The predicted octanol–water partition coefficient (Wildman–Crippen LogP) is 3.05. The van der Waals surface area contributed by atoms with Gasteiger partial charge in [-0.15, -0.1) is 10.2 Å². The molecule has 1 aromatic heterocycles. The topological polar surface area (TPSA) is 57.0 Å². The Morgan fingerprint density at radius 2 is 2.10 bits per heavy atom. The van der Waals surface area contributed by atoms with Gasteiger partial charge in [-0.1, -0.05) is 35.0 Å². The number of aromatic nitrogens is 3. The molecule has 106 valence electrons. The minimum Gasteiger partial charge on any atom is -0.468 e. The third-order valence-corrected chi connectivity index (χ3v) is 4.29. The predicted molar refractivity (Wildman–Crippen MR) is 79.2 cm³/mol. The quantitative estimate of drug-likeness (QED) is 0.636. The van der Waals surface area contributed by atoms with Gasteiger partial charge in [-0.2, -0.15) is 0 Å². The molecule has 0 aliphatic heterocycles. The lowest BCUT2D eigenvalue weighted by molar-refractivity contribution is -0.137. The van der Waals surface area contributed by atoms with E-state index in [-0.39, 0.29) is 11.7 Å². The number of ether oxygens (including phenoxy) is 1. The molecule has 0 saturated heterocycles. The van der Waals surface area contributed by atoms with Crippen LogP contribution in [-0.2, 0) is 16.6 Å². The number of halogens is 2. The first-order valence-electron chi connectivity index (χ1n) is 5.57. The number of benzene rings is 1. The van der Waals surface area contributed by atoms with Crippen molar-refractivity contribution in [3.8, 4) is 11.4 Å². The fourth-order valence-corrected chi connectivity index (χ4v) is 2.55. The number of hydrogen-bond acceptors (Lipinski definition) is 5. The molecule has 0 bridgehead atoms. The Hall–Kier alpha value is -1.24. The van der Waals surface area contributed by atoms with Crippen LogP contribution in [0.3, 0.4) is 0 Å². The minimum atomic E-state index is -0.311. The van der Waals surface area contributed by atoms with E-state index < -0.39 is 0 Å². The van der Waals surface area contributed by atoms with Gasteiger partial charge in [0.25, 0.3) is 0 Å². The maximum Gasteiger partial charge on any atom is 0.316 e. The van der Waals surface area contributed by atoms with Crippen LogP contribution in [0, 0.1) is 0 Å². The first-order valence-corrected chi connectivity index (χ1v) is 7.31. The summed E-state index contributed by atoms with van der Waals surface area (Å²) in [6.45, 7) is 0. The zero-order chi connectivity index (χ0) is 14.7. The summed E-state index contributed by atoms with van der Waals surface area (Å²) in [6.07, 6.45) is 0. The maximum atomic E-state index is 11.1. The molecular weight excluding hydrogens is 321 g/mol. The van der Waals surface area contributed by atoms with E-state index in [2.05, 4.69) is 14.9 Å². The van der Waals surface area contributed by atoms with E-state index in [4.69, 9.17) is 23.2 Å². The number of nitrogens with zero attached hydrogens (tertiary/aromatic N) is 3. The van der Waals surface area contributed by atoms with Gasteiger partial charge in [0.2, 0.25) is 0 Å². The lowest BCUT2D eigenvalue weighted by atomic mass is 10.2.